The SMILES string of the molecule is CN(C)C(=O)CCc1ccc(S(=O)(=O)O)o1. The van der Waals surface area contributed by atoms with Crippen molar-refractivity contribution < 1.29 is 22.2 Å². The van der Waals surface area contributed by atoms with E-state index in [4.69, 9.17) is 8.97 Å². The van der Waals surface area contributed by atoms with E-state index in [2.05, 4.69) is 0 Å². The molecule has 1 N–H and O–H groups in total. The number of furan rings is 1. The lowest BCUT2D eigenvalue weighted by Crippen LogP contribution is -2.21. The Balaban J connectivity index is 2.64. The van der Waals surface area contributed by atoms with Crippen molar-refractivity contribution in [3.05, 3.63) is 17.9 Å². The molecular formula is C9H13NO5S. The Morgan fingerprint density at radius 1 is 1.44 bits per heavy atom. The molecule has 0 radical (unpaired) electrons. The Bertz CT molecular complexity index is 474. The maximum atomic E-state index is 11.2. The number of carbonyl (C=O) groups is 1. The van der Waals surface area contributed by atoms with Gasteiger partial charge in [0, 0.05) is 26.9 Å². The molecule has 0 fully saturated rings. The van der Waals surface area contributed by atoms with E-state index in [1.807, 2.05) is 0 Å². The molecule has 0 unspecified atom stereocenters. The lowest BCUT2D eigenvalue weighted by Gasteiger charge is -2.08. The molecule has 0 saturated heterocycles. The molecule has 16 heavy (non-hydrogen) atoms. The van der Waals surface area contributed by atoms with E-state index >= 15 is 0 Å². The van der Waals surface area contributed by atoms with Crippen molar-refractivity contribution in [3.8, 4) is 0 Å². The number of carbonyl (C=O) groups excluding carboxylic acids is 1. The maximum absolute atomic E-state index is 11.2. The monoisotopic (exact) mass is 247 g/mol. The molecule has 0 bridgehead atoms. The van der Waals surface area contributed by atoms with Gasteiger partial charge in [0.2, 0.25) is 11.0 Å². The molecule has 1 heterocycles. The molecule has 0 aromatic carbocycles. The number of hydrogen-bond donors (Lipinski definition) is 1. The summed E-state index contributed by atoms with van der Waals surface area (Å²) in [6.07, 6.45) is 0.526. The maximum Gasteiger partial charge on any atom is 0.328 e. The van der Waals surface area contributed by atoms with Crippen LogP contribution in [0.25, 0.3) is 0 Å². The van der Waals surface area contributed by atoms with Gasteiger partial charge in [0.15, 0.2) is 0 Å². The Morgan fingerprint density at radius 2 is 2.06 bits per heavy atom. The van der Waals surface area contributed by atoms with Crippen LogP contribution >= 0.6 is 0 Å². The highest BCUT2D eigenvalue weighted by molar-refractivity contribution is 7.85. The molecule has 1 rings (SSSR count). The summed E-state index contributed by atoms with van der Waals surface area (Å²) >= 11 is 0. The Morgan fingerprint density at radius 3 is 2.50 bits per heavy atom. The summed E-state index contributed by atoms with van der Waals surface area (Å²) in [5.41, 5.74) is 0. The molecule has 1 aromatic rings. The lowest BCUT2D eigenvalue weighted by molar-refractivity contribution is -0.128. The summed E-state index contributed by atoms with van der Waals surface area (Å²) in [5.74, 6) is 0.271. The zero-order valence-electron chi connectivity index (χ0n) is 9.00. The van der Waals surface area contributed by atoms with E-state index in [-0.39, 0.29) is 12.3 Å². The van der Waals surface area contributed by atoms with Gasteiger partial charge >= 0.3 is 10.1 Å². The van der Waals surface area contributed by atoms with Crippen molar-refractivity contribution in [3.63, 3.8) is 0 Å². The highest BCUT2D eigenvalue weighted by Gasteiger charge is 2.15. The summed E-state index contributed by atoms with van der Waals surface area (Å²) in [6, 6.07) is 2.58. The first-order chi connectivity index (χ1) is 7.30. The minimum absolute atomic E-state index is 0.0789. The molecule has 1 amide bonds. The highest BCUT2D eigenvalue weighted by Crippen LogP contribution is 2.14. The van der Waals surface area contributed by atoms with Crippen LogP contribution in [0.15, 0.2) is 21.6 Å². The quantitative estimate of drug-likeness (QED) is 0.785. The van der Waals surface area contributed by atoms with Crippen LogP contribution in [0, 0.1) is 0 Å². The van der Waals surface area contributed by atoms with Crippen LogP contribution in [0.4, 0.5) is 0 Å². The van der Waals surface area contributed by atoms with Crippen LogP contribution in [0.1, 0.15) is 12.2 Å². The topological polar surface area (TPSA) is 87.8 Å². The smallest absolute Gasteiger partial charge is 0.328 e. The van der Waals surface area contributed by atoms with Gasteiger partial charge in [0.05, 0.1) is 0 Å². The summed E-state index contributed by atoms with van der Waals surface area (Å²) in [7, 11) is -1.03. The van der Waals surface area contributed by atoms with E-state index < -0.39 is 15.2 Å². The molecule has 7 heteroatoms. The van der Waals surface area contributed by atoms with E-state index in [1.165, 1.54) is 11.0 Å². The Labute approximate surface area is 93.6 Å². The number of aryl methyl sites for hydroxylation is 1. The van der Waals surface area contributed by atoms with Gasteiger partial charge in [-0.2, -0.15) is 8.42 Å². The van der Waals surface area contributed by atoms with Crippen molar-refractivity contribution >= 4 is 16.0 Å². The van der Waals surface area contributed by atoms with Crippen LogP contribution in [0.2, 0.25) is 0 Å². The molecule has 6 nitrogen and oxygen atoms in total. The fourth-order valence-electron chi connectivity index (χ4n) is 1.08. The first-order valence-electron chi connectivity index (χ1n) is 4.57. The summed E-state index contributed by atoms with van der Waals surface area (Å²) in [5, 5.41) is -0.500. The summed E-state index contributed by atoms with van der Waals surface area (Å²) < 4.78 is 34.9. The molecule has 0 aliphatic heterocycles. The van der Waals surface area contributed by atoms with Crippen LogP contribution < -0.4 is 0 Å². The van der Waals surface area contributed by atoms with Crippen molar-refractivity contribution in [1.29, 1.82) is 0 Å². The second kappa shape index (κ2) is 4.67. The van der Waals surface area contributed by atoms with Gasteiger partial charge in [0.25, 0.3) is 0 Å². The van der Waals surface area contributed by atoms with Crippen LogP contribution in [-0.2, 0) is 21.3 Å². The second-order valence-corrected chi connectivity index (χ2v) is 4.84. The second-order valence-electron chi connectivity index (χ2n) is 3.48. The van der Waals surface area contributed by atoms with Gasteiger partial charge in [-0.1, -0.05) is 0 Å². The number of rotatable bonds is 4. The third kappa shape index (κ3) is 3.35. The van der Waals surface area contributed by atoms with E-state index in [1.54, 1.807) is 14.1 Å². The molecule has 90 valence electrons. The predicted molar refractivity (Wildman–Crippen MR) is 55.5 cm³/mol. The predicted octanol–water partition coefficient (Wildman–Crippen LogP) is 0.547. The fraction of sp³-hybridized carbons (Fsp3) is 0.444. The highest BCUT2D eigenvalue weighted by atomic mass is 32.2. The van der Waals surface area contributed by atoms with Gasteiger partial charge in [-0.3, -0.25) is 9.35 Å². The first-order valence-corrected chi connectivity index (χ1v) is 6.01. The molecule has 1 aromatic heterocycles. The van der Waals surface area contributed by atoms with Crippen LogP contribution in [0.3, 0.4) is 0 Å². The summed E-state index contributed by atoms with van der Waals surface area (Å²) in [4.78, 5) is 12.7. The third-order valence-electron chi connectivity index (χ3n) is 1.98. The van der Waals surface area contributed by atoms with Gasteiger partial charge in [-0.05, 0) is 12.1 Å². The Hall–Kier alpha value is -1.34. The van der Waals surface area contributed by atoms with Gasteiger partial charge in [-0.25, -0.2) is 0 Å². The third-order valence-corrected chi connectivity index (χ3v) is 2.70. The average molecular weight is 247 g/mol. The average Bonchev–Trinajstić information content (AvgIpc) is 2.61. The molecule has 0 spiro atoms. The van der Waals surface area contributed by atoms with Crippen molar-refractivity contribution in [2.45, 2.75) is 17.9 Å². The largest absolute Gasteiger partial charge is 0.447 e. The molecular weight excluding hydrogens is 234 g/mol. The van der Waals surface area contributed by atoms with Crippen molar-refractivity contribution in [2.24, 2.45) is 0 Å². The van der Waals surface area contributed by atoms with Crippen LogP contribution in [-0.4, -0.2) is 37.9 Å². The normalized spacial score (nSPS) is 11.4. The zero-order valence-corrected chi connectivity index (χ0v) is 9.82. The van der Waals surface area contributed by atoms with E-state index in [0.29, 0.717) is 12.2 Å². The lowest BCUT2D eigenvalue weighted by atomic mass is 10.2. The van der Waals surface area contributed by atoms with Crippen molar-refractivity contribution in [1.82, 2.24) is 4.90 Å². The van der Waals surface area contributed by atoms with Gasteiger partial charge in [0.1, 0.15) is 5.76 Å². The first kappa shape index (κ1) is 12.7. The number of hydrogen-bond acceptors (Lipinski definition) is 4. The van der Waals surface area contributed by atoms with Crippen molar-refractivity contribution in [2.75, 3.05) is 14.1 Å². The zero-order chi connectivity index (χ0) is 12.3. The standard InChI is InChI=1S/C9H13NO5S/c1-10(2)8(11)5-3-7-4-6-9(15-7)16(12,13)14/h4,6H,3,5H2,1-2H3,(H,12,13,14). The molecule has 0 saturated carbocycles. The fourth-order valence-corrected chi connectivity index (χ4v) is 1.54. The molecule has 0 aliphatic rings. The number of nitrogens with zero attached hydrogens (tertiary/aromatic N) is 1. The summed E-state index contributed by atoms with van der Waals surface area (Å²) in [6.45, 7) is 0. The minimum Gasteiger partial charge on any atom is -0.447 e. The van der Waals surface area contributed by atoms with Crippen LogP contribution in [0.5, 0.6) is 0 Å². The van der Waals surface area contributed by atoms with E-state index in [9.17, 15) is 13.2 Å². The molecule has 0 atom stereocenters. The number of amides is 1. The Kier molecular flexibility index (Phi) is 3.71. The van der Waals surface area contributed by atoms with E-state index in [0.717, 1.165) is 6.07 Å². The molecule has 0 aliphatic carbocycles. The van der Waals surface area contributed by atoms with Gasteiger partial charge in [-0.15, -0.1) is 0 Å². The van der Waals surface area contributed by atoms with Gasteiger partial charge < -0.3 is 9.32 Å². The minimum atomic E-state index is -4.30.